The van der Waals surface area contributed by atoms with E-state index in [1.807, 2.05) is 6.07 Å². The maximum absolute atomic E-state index is 11.0. The number of carbonyl (C=O) groups is 2. The summed E-state index contributed by atoms with van der Waals surface area (Å²) in [6.07, 6.45) is -0.565. The molecular weight excluding hydrogens is 206 g/mol. The lowest BCUT2D eigenvalue weighted by molar-refractivity contribution is -0.119. The summed E-state index contributed by atoms with van der Waals surface area (Å²) in [5.41, 5.74) is 0. The molecule has 2 amide bonds. The highest BCUT2D eigenvalue weighted by molar-refractivity contribution is 7.93. The summed E-state index contributed by atoms with van der Waals surface area (Å²) in [6.45, 7) is 1.63. The molecule has 0 aliphatic rings. The van der Waals surface area contributed by atoms with Crippen LogP contribution in [0.1, 0.15) is 13.3 Å². The molecule has 0 radical (unpaired) electrons. The number of hydrogen-bond acceptors (Lipinski definition) is 5. The average molecular weight is 217 g/mol. The largest absolute Gasteiger partial charge is 0.420 e. The number of nitrogens with one attached hydrogen (secondary N) is 2. The van der Waals surface area contributed by atoms with Gasteiger partial charge < -0.3 is 9.50 Å². The molecule has 0 spiro atoms. The van der Waals surface area contributed by atoms with Crippen molar-refractivity contribution in [2.24, 2.45) is 5.92 Å². The fourth-order valence-electron chi connectivity index (χ4n) is 0.512. The highest BCUT2D eigenvalue weighted by Gasteiger charge is 2.08. The summed E-state index contributed by atoms with van der Waals surface area (Å²) in [4.78, 5) is 21.5. The van der Waals surface area contributed by atoms with Crippen LogP contribution in [0.2, 0.25) is 0 Å². The first-order chi connectivity index (χ1) is 6.60. The smallest absolute Gasteiger partial charge is 0.353 e. The highest BCUT2D eigenvalue weighted by Crippen LogP contribution is 2.02. The van der Waals surface area contributed by atoms with Crippen LogP contribution in [-0.2, 0) is 8.98 Å². The molecule has 7 heteroatoms. The molecule has 0 aromatic carbocycles. The molecular formula is C7H11N3O3S. The average Bonchev–Trinajstić information content (AvgIpc) is 2.17. The van der Waals surface area contributed by atoms with Crippen LogP contribution in [0.15, 0.2) is 0 Å². The number of amides is 2. The van der Waals surface area contributed by atoms with Crippen molar-refractivity contribution >= 4 is 24.2 Å². The number of nitrogens with zero attached hydrogens (tertiary/aromatic N) is 1. The Bertz CT molecular complexity index is 251. The zero-order valence-corrected chi connectivity index (χ0v) is 8.68. The summed E-state index contributed by atoms with van der Waals surface area (Å²) < 4.78 is 6.69. The molecule has 0 fully saturated rings. The molecule has 0 unspecified atom stereocenters. The van der Waals surface area contributed by atoms with Gasteiger partial charge in [-0.2, -0.15) is 5.26 Å². The van der Waals surface area contributed by atoms with E-state index in [0.29, 0.717) is 12.2 Å². The second-order valence-electron chi connectivity index (χ2n) is 2.46. The first kappa shape index (κ1) is 12.6. The monoisotopic (exact) mass is 217 g/mol. The number of hydrogen-bond donors (Lipinski definition) is 2. The van der Waals surface area contributed by atoms with E-state index in [0.717, 1.165) is 0 Å². The van der Waals surface area contributed by atoms with Gasteiger partial charge >= 0.3 is 6.09 Å². The normalized spacial score (nSPS) is 10.9. The van der Waals surface area contributed by atoms with Crippen molar-refractivity contribution in [3.8, 4) is 6.07 Å². The molecule has 6 nitrogen and oxygen atoms in total. The van der Waals surface area contributed by atoms with Crippen molar-refractivity contribution in [3.63, 3.8) is 0 Å². The van der Waals surface area contributed by atoms with Gasteiger partial charge in [-0.1, -0.05) is 0 Å². The van der Waals surface area contributed by atoms with Crippen molar-refractivity contribution in [2.45, 2.75) is 13.3 Å². The Morgan fingerprint density at radius 2 is 2.29 bits per heavy atom. The Labute approximate surface area is 86.3 Å². The van der Waals surface area contributed by atoms with E-state index in [1.54, 1.807) is 6.92 Å². The van der Waals surface area contributed by atoms with Gasteiger partial charge in [0.15, 0.2) is 12.2 Å². The van der Waals surface area contributed by atoms with Gasteiger partial charge in [-0.15, -0.1) is 0 Å². The summed E-state index contributed by atoms with van der Waals surface area (Å²) in [5, 5.41) is 10.6. The van der Waals surface area contributed by atoms with E-state index in [2.05, 4.69) is 14.2 Å². The van der Waals surface area contributed by atoms with Crippen LogP contribution < -0.4 is 10.0 Å². The summed E-state index contributed by atoms with van der Waals surface area (Å²) in [7, 11) is 1.41. The molecule has 2 N–H and O–H groups in total. The van der Waals surface area contributed by atoms with Crippen LogP contribution in [0.4, 0.5) is 4.79 Å². The number of nitriles is 1. The van der Waals surface area contributed by atoms with Gasteiger partial charge in [0.2, 0.25) is 5.91 Å². The van der Waals surface area contributed by atoms with Crippen molar-refractivity contribution < 1.29 is 13.8 Å². The van der Waals surface area contributed by atoms with E-state index >= 15 is 0 Å². The van der Waals surface area contributed by atoms with Gasteiger partial charge in [0.25, 0.3) is 0 Å². The molecule has 0 heterocycles. The van der Waals surface area contributed by atoms with E-state index in [1.165, 1.54) is 7.05 Å². The zero-order chi connectivity index (χ0) is 11.0. The molecule has 0 aromatic heterocycles. The highest BCUT2D eigenvalue weighted by atomic mass is 32.2. The lowest BCUT2D eigenvalue weighted by atomic mass is 10.1. The lowest BCUT2D eigenvalue weighted by Crippen LogP contribution is -2.22. The molecule has 1 atom stereocenters. The molecule has 0 bridgehead atoms. The molecule has 0 aliphatic heterocycles. The molecule has 0 saturated carbocycles. The predicted molar refractivity (Wildman–Crippen MR) is 50.7 cm³/mol. The fraction of sp³-hybridized carbons (Fsp3) is 0.571. The first-order valence-corrected chi connectivity index (χ1v) is 4.58. The SMILES string of the molecule is CNC(=O)OSNC(=O)C[C@H](C)C#N. The van der Waals surface area contributed by atoms with Crippen LogP contribution in [0.3, 0.4) is 0 Å². The molecule has 14 heavy (non-hydrogen) atoms. The van der Waals surface area contributed by atoms with Crippen LogP contribution in [0.25, 0.3) is 0 Å². The van der Waals surface area contributed by atoms with Crippen molar-refractivity contribution in [1.29, 1.82) is 5.26 Å². The standard InChI is InChI=1S/C7H11N3O3S/c1-5(4-8)3-6(11)10-14-13-7(12)9-2/h5H,3H2,1-2H3,(H,9,12)(H,10,11)/t5-/m0/s1. The molecule has 0 rings (SSSR count). The molecule has 78 valence electrons. The van der Waals surface area contributed by atoms with Crippen LogP contribution in [0, 0.1) is 17.2 Å². The van der Waals surface area contributed by atoms with Gasteiger partial charge in [-0.25, -0.2) is 4.79 Å². The Kier molecular flexibility index (Phi) is 6.32. The molecule has 0 aromatic rings. The third-order valence-corrected chi connectivity index (χ3v) is 1.73. The van der Waals surface area contributed by atoms with Crippen molar-refractivity contribution in [2.75, 3.05) is 7.05 Å². The van der Waals surface area contributed by atoms with E-state index in [4.69, 9.17) is 5.26 Å². The maximum atomic E-state index is 11.0. The van der Waals surface area contributed by atoms with Gasteiger partial charge in [0, 0.05) is 13.5 Å². The number of rotatable bonds is 4. The van der Waals surface area contributed by atoms with Gasteiger partial charge in [0.05, 0.1) is 12.0 Å². The van der Waals surface area contributed by atoms with Gasteiger partial charge in [-0.05, 0) is 6.92 Å². The predicted octanol–water partition coefficient (Wildman–Crippen LogP) is 0.572. The lowest BCUT2D eigenvalue weighted by Gasteiger charge is -2.03. The Morgan fingerprint density at radius 3 is 2.79 bits per heavy atom. The summed E-state index contributed by atoms with van der Waals surface area (Å²) >= 11 is 0.526. The third kappa shape index (κ3) is 6.14. The van der Waals surface area contributed by atoms with E-state index in [9.17, 15) is 9.59 Å². The topological polar surface area (TPSA) is 91.2 Å². The first-order valence-electron chi connectivity index (χ1n) is 3.83. The third-order valence-electron chi connectivity index (χ3n) is 1.19. The van der Waals surface area contributed by atoms with E-state index < -0.39 is 6.09 Å². The zero-order valence-electron chi connectivity index (χ0n) is 7.86. The van der Waals surface area contributed by atoms with Crippen LogP contribution >= 0.6 is 12.2 Å². The fourth-order valence-corrected chi connectivity index (χ4v) is 0.889. The Balaban J connectivity index is 3.56. The minimum Gasteiger partial charge on any atom is -0.353 e. The Morgan fingerprint density at radius 1 is 1.64 bits per heavy atom. The van der Waals surface area contributed by atoms with E-state index in [-0.39, 0.29) is 18.2 Å². The molecule has 0 aliphatic carbocycles. The minimum atomic E-state index is -0.649. The van der Waals surface area contributed by atoms with Crippen LogP contribution in [0.5, 0.6) is 0 Å². The van der Waals surface area contributed by atoms with Crippen molar-refractivity contribution in [3.05, 3.63) is 0 Å². The second-order valence-corrected chi connectivity index (χ2v) is 3.00. The Hall–Kier alpha value is -1.42. The maximum Gasteiger partial charge on any atom is 0.420 e. The van der Waals surface area contributed by atoms with Gasteiger partial charge in [-0.3, -0.25) is 9.52 Å². The number of carbonyl (C=O) groups excluding carboxylic acids is 2. The van der Waals surface area contributed by atoms with Crippen LogP contribution in [-0.4, -0.2) is 19.0 Å². The summed E-state index contributed by atoms with van der Waals surface area (Å²) in [5.74, 6) is -0.705. The second kappa shape index (κ2) is 7.03. The minimum absolute atomic E-state index is 0.0839. The quantitative estimate of drug-likeness (QED) is 0.530. The van der Waals surface area contributed by atoms with Gasteiger partial charge in [0.1, 0.15) is 0 Å². The molecule has 0 saturated heterocycles. The summed E-state index contributed by atoms with van der Waals surface area (Å²) in [6, 6.07) is 1.92. The van der Waals surface area contributed by atoms with Crippen molar-refractivity contribution in [1.82, 2.24) is 10.0 Å².